The quantitative estimate of drug-likeness (QED) is 0.303. The highest BCUT2D eigenvalue weighted by Gasteiger charge is 2.53. The van der Waals surface area contributed by atoms with Crippen molar-refractivity contribution in [2.45, 2.75) is 97.1 Å². The number of ether oxygens (including phenoxy) is 6. The Kier molecular flexibility index (Phi) is 10.5. The molecule has 0 aromatic heterocycles. The highest BCUT2D eigenvalue weighted by Crippen LogP contribution is 2.30. The molecule has 0 aromatic rings. The molecule has 0 N–H and O–H groups in total. The average Bonchev–Trinajstić information content (AvgIpc) is 2.75. The third-order valence-corrected chi connectivity index (χ3v) is 5.01. The van der Waals surface area contributed by atoms with E-state index in [9.17, 15) is 19.2 Å². The molecule has 0 saturated carbocycles. The van der Waals surface area contributed by atoms with Gasteiger partial charge in [-0.05, 0) is 38.2 Å². The number of allylic oxidation sites excluding steroid dienone is 2. The van der Waals surface area contributed by atoms with Crippen molar-refractivity contribution in [3.05, 3.63) is 11.6 Å². The van der Waals surface area contributed by atoms with Crippen molar-refractivity contribution < 1.29 is 47.6 Å². The van der Waals surface area contributed by atoms with E-state index in [1.165, 1.54) is 13.8 Å². The fourth-order valence-corrected chi connectivity index (χ4v) is 3.68. The zero-order chi connectivity index (χ0) is 25.3. The average molecular weight is 481 g/mol. The fraction of sp³-hybridized carbons (Fsp3) is 0.667. The molecule has 1 saturated heterocycles. The van der Waals surface area contributed by atoms with Gasteiger partial charge in [0.2, 0.25) is 6.29 Å². The van der Waals surface area contributed by atoms with E-state index in [4.69, 9.17) is 28.4 Å². The molecular weight excluding hydrogens is 448 g/mol. The number of carbonyl (C=O) groups is 4. The maximum absolute atomic E-state index is 11.9. The Balaban J connectivity index is 2.33. The summed E-state index contributed by atoms with van der Waals surface area (Å²) in [6, 6.07) is 0. The summed E-state index contributed by atoms with van der Waals surface area (Å²) in [5.41, 5.74) is 1.03. The van der Waals surface area contributed by atoms with Crippen LogP contribution in [0.15, 0.2) is 11.6 Å². The molecule has 188 valence electrons. The second-order valence-electron chi connectivity index (χ2n) is 8.09. The van der Waals surface area contributed by atoms with Gasteiger partial charge in [0.05, 0.1) is 0 Å². The lowest BCUT2D eigenvalue weighted by Crippen LogP contribution is -2.63. The van der Waals surface area contributed by atoms with E-state index in [0.29, 0.717) is 0 Å². The molecule has 6 atom stereocenters. The number of carbonyl (C=O) groups excluding carboxylic acids is 4. The van der Waals surface area contributed by atoms with E-state index in [1.807, 2.05) is 0 Å². The molecule has 0 bridgehead atoms. The standard InChI is InChI=1S/C24H32O10/c1-14(11-12-19-9-7-6-8-10-19)30-24-23(33-18(5)28)22(32-17(4)27)21(31-16(3)26)20(34-24)13-29-15(2)25/h9,14,20-24H,6-8,10,13H2,1-5H3/t14?,20-,21-,22+,23-,24-/m1/s1. The maximum atomic E-state index is 11.9. The van der Waals surface area contributed by atoms with E-state index < -0.39 is 60.7 Å². The predicted molar refractivity (Wildman–Crippen MR) is 117 cm³/mol. The van der Waals surface area contributed by atoms with Gasteiger partial charge in [0, 0.05) is 27.7 Å². The number of esters is 4. The molecule has 2 aliphatic rings. The third kappa shape index (κ3) is 8.80. The first-order valence-electron chi connectivity index (χ1n) is 11.2. The maximum Gasteiger partial charge on any atom is 0.303 e. The Morgan fingerprint density at radius 3 is 2.12 bits per heavy atom. The topological polar surface area (TPSA) is 124 Å². The Bertz CT molecular complexity index is 852. The van der Waals surface area contributed by atoms with E-state index in [2.05, 4.69) is 17.9 Å². The van der Waals surface area contributed by atoms with Crippen LogP contribution in [0, 0.1) is 11.8 Å². The van der Waals surface area contributed by atoms with Crippen LogP contribution in [0.25, 0.3) is 0 Å². The molecule has 1 aliphatic carbocycles. The van der Waals surface area contributed by atoms with Crippen molar-refractivity contribution >= 4 is 23.9 Å². The second-order valence-corrected chi connectivity index (χ2v) is 8.09. The Morgan fingerprint density at radius 2 is 1.56 bits per heavy atom. The minimum absolute atomic E-state index is 0.315. The van der Waals surface area contributed by atoms with Crippen LogP contribution in [0.2, 0.25) is 0 Å². The minimum Gasteiger partial charge on any atom is -0.463 e. The SMILES string of the molecule is CC(=O)OC[C@H]1O[C@@H](OC(C)C#CC2=CCCCC2)[C@H](OC(C)=O)[C@@H](OC(C)=O)[C@@H]1OC(C)=O. The lowest BCUT2D eigenvalue weighted by atomic mass is 9.98. The van der Waals surface area contributed by atoms with Crippen LogP contribution >= 0.6 is 0 Å². The summed E-state index contributed by atoms with van der Waals surface area (Å²) < 4.78 is 33.0. The molecule has 0 amide bonds. The Morgan fingerprint density at radius 1 is 0.941 bits per heavy atom. The number of rotatable bonds is 7. The van der Waals surface area contributed by atoms with Gasteiger partial charge in [0.25, 0.3) is 0 Å². The molecule has 10 nitrogen and oxygen atoms in total. The van der Waals surface area contributed by atoms with Crippen molar-refractivity contribution in [1.82, 2.24) is 0 Å². The third-order valence-electron chi connectivity index (χ3n) is 5.01. The van der Waals surface area contributed by atoms with Crippen molar-refractivity contribution in [2.75, 3.05) is 6.61 Å². The van der Waals surface area contributed by atoms with Gasteiger partial charge in [-0.3, -0.25) is 19.2 Å². The summed E-state index contributed by atoms with van der Waals surface area (Å²) in [6.07, 6.45) is -0.516. The molecule has 0 radical (unpaired) electrons. The largest absolute Gasteiger partial charge is 0.463 e. The summed E-state index contributed by atoms with van der Waals surface area (Å²) in [6.45, 7) is 6.09. The molecule has 1 aliphatic heterocycles. The Hall–Kier alpha value is -2.90. The molecule has 34 heavy (non-hydrogen) atoms. The predicted octanol–water partition coefficient (Wildman–Crippen LogP) is 1.98. The van der Waals surface area contributed by atoms with Crippen molar-refractivity contribution in [3.63, 3.8) is 0 Å². The first-order valence-corrected chi connectivity index (χ1v) is 11.2. The molecule has 10 heteroatoms. The van der Waals surface area contributed by atoms with Gasteiger partial charge in [0.15, 0.2) is 18.3 Å². The normalized spacial score (nSPS) is 27.2. The molecule has 1 unspecified atom stereocenters. The summed E-state index contributed by atoms with van der Waals surface area (Å²) in [7, 11) is 0. The van der Waals surface area contributed by atoms with Crippen LogP contribution in [-0.4, -0.2) is 67.3 Å². The highest BCUT2D eigenvalue weighted by atomic mass is 16.7. The Labute approximate surface area is 199 Å². The lowest BCUT2D eigenvalue weighted by molar-refractivity contribution is -0.312. The van der Waals surface area contributed by atoms with E-state index in [1.54, 1.807) is 6.92 Å². The number of hydrogen-bond acceptors (Lipinski definition) is 10. The number of hydrogen-bond donors (Lipinski definition) is 0. The van der Waals surface area contributed by atoms with Gasteiger partial charge in [-0.2, -0.15) is 0 Å². The van der Waals surface area contributed by atoms with Crippen molar-refractivity contribution in [3.8, 4) is 11.8 Å². The molecule has 2 rings (SSSR count). The molecule has 0 aromatic carbocycles. The monoisotopic (exact) mass is 480 g/mol. The highest BCUT2D eigenvalue weighted by molar-refractivity contribution is 5.68. The van der Waals surface area contributed by atoms with E-state index >= 15 is 0 Å². The van der Waals surface area contributed by atoms with Crippen molar-refractivity contribution in [2.24, 2.45) is 0 Å². The first-order chi connectivity index (χ1) is 16.1. The fourth-order valence-electron chi connectivity index (χ4n) is 3.68. The molecule has 0 spiro atoms. The van der Waals surface area contributed by atoms with E-state index in [0.717, 1.165) is 45.1 Å². The lowest BCUT2D eigenvalue weighted by Gasteiger charge is -2.44. The van der Waals surface area contributed by atoms with Crippen molar-refractivity contribution in [1.29, 1.82) is 0 Å². The molecular formula is C24H32O10. The van der Waals surface area contributed by atoms with Gasteiger partial charge in [0.1, 0.15) is 18.8 Å². The smallest absolute Gasteiger partial charge is 0.303 e. The minimum atomic E-state index is -1.27. The first kappa shape index (κ1) is 27.3. The van der Waals surface area contributed by atoms with Crippen LogP contribution in [0.4, 0.5) is 0 Å². The zero-order valence-corrected chi connectivity index (χ0v) is 20.2. The van der Waals surface area contributed by atoms with Crippen LogP contribution in [0.5, 0.6) is 0 Å². The van der Waals surface area contributed by atoms with Crippen LogP contribution in [0.1, 0.15) is 60.3 Å². The van der Waals surface area contributed by atoms with Gasteiger partial charge in [-0.1, -0.05) is 17.9 Å². The van der Waals surface area contributed by atoms with Crippen LogP contribution < -0.4 is 0 Å². The van der Waals surface area contributed by atoms with Crippen LogP contribution in [-0.2, 0) is 47.6 Å². The molecule has 1 heterocycles. The van der Waals surface area contributed by atoms with E-state index in [-0.39, 0.29) is 6.61 Å². The van der Waals surface area contributed by atoms with Gasteiger partial charge >= 0.3 is 23.9 Å². The summed E-state index contributed by atoms with van der Waals surface area (Å²) in [4.78, 5) is 46.8. The van der Waals surface area contributed by atoms with Gasteiger partial charge < -0.3 is 28.4 Å². The molecule has 1 fully saturated rings. The van der Waals surface area contributed by atoms with Gasteiger partial charge in [-0.25, -0.2) is 0 Å². The summed E-state index contributed by atoms with van der Waals surface area (Å²) in [5.74, 6) is 3.41. The zero-order valence-electron chi connectivity index (χ0n) is 20.2. The summed E-state index contributed by atoms with van der Waals surface area (Å²) in [5, 5.41) is 0. The second kappa shape index (κ2) is 13.1. The van der Waals surface area contributed by atoms with Crippen LogP contribution in [0.3, 0.4) is 0 Å². The van der Waals surface area contributed by atoms with Gasteiger partial charge in [-0.15, -0.1) is 0 Å². The summed E-state index contributed by atoms with van der Waals surface area (Å²) >= 11 is 0.